The number of carbonyl (C=O) groups excluding carboxylic acids is 1. The Balaban J connectivity index is 1.56. The van der Waals surface area contributed by atoms with Gasteiger partial charge in [0.1, 0.15) is 11.5 Å². The fourth-order valence-corrected chi connectivity index (χ4v) is 4.86. The van der Waals surface area contributed by atoms with E-state index in [0.29, 0.717) is 5.56 Å². The number of carbonyl (C=O) groups is 1. The van der Waals surface area contributed by atoms with Crippen LogP contribution in [-0.2, 0) is 0 Å². The van der Waals surface area contributed by atoms with Crippen LogP contribution in [-0.4, -0.2) is 19.0 Å². The van der Waals surface area contributed by atoms with Gasteiger partial charge in [-0.1, -0.05) is 135 Å². The van der Waals surface area contributed by atoms with Crippen LogP contribution in [0.3, 0.4) is 0 Å². The Morgan fingerprint density at radius 2 is 0.900 bits per heavy atom. The fraction of sp³-hybridized carbons (Fsp3) is 0.595. The third-order valence-electron chi connectivity index (χ3n) is 7.48. The van der Waals surface area contributed by atoms with Crippen molar-refractivity contribution in [3.8, 4) is 11.5 Å². The lowest BCUT2D eigenvalue weighted by atomic mass is 10.1. The molecular weight excluding hydrogens is 492 g/mol. The van der Waals surface area contributed by atoms with Gasteiger partial charge in [-0.15, -0.1) is 0 Å². The third kappa shape index (κ3) is 16.5. The minimum Gasteiger partial charge on any atom is -0.494 e. The Morgan fingerprint density at radius 3 is 1.32 bits per heavy atom. The van der Waals surface area contributed by atoms with Crippen molar-refractivity contribution in [3.63, 3.8) is 0 Å². The number of allylic oxidation sites excluding steroid dienone is 1. The SMILES string of the molecule is CCCCCCCCCCCCOc1ccc(/C=C/C(=O)c2ccc(OCCCCCCCCCC)cc2)cc1. The first-order valence-corrected chi connectivity index (χ1v) is 16.4. The summed E-state index contributed by atoms with van der Waals surface area (Å²) in [6, 6.07) is 15.5. The monoisotopic (exact) mass is 548 g/mol. The molecule has 0 saturated carbocycles. The van der Waals surface area contributed by atoms with Crippen molar-refractivity contribution in [2.24, 2.45) is 0 Å². The van der Waals surface area contributed by atoms with Crippen LogP contribution in [0, 0.1) is 0 Å². The molecule has 0 aliphatic carbocycles. The summed E-state index contributed by atoms with van der Waals surface area (Å²) < 4.78 is 11.8. The van der Waals surface area contributed by atoms with E-state index in [4.69, 9.17) is 9.47 Å². The first-order valence-electron chi connectivity index (χ1n) is 16.4. The number of ketones is 1. The summed E-state index contributed by atoms with van der Waals surface area (Å²) in [6.45, 7) is 6.03. The van der Waals surface area contributed by atoms with E-state index in [-0.39, 0.29) is 5.78 Å². The maximum absolute atomic E-state index is 12.6. The summed E-state index contributed by atoms with van der Waals surface area (Å²) in [5.41, 5.74) is 1.66. The first-order chi connectivity index (χ1) is 19.7. The fourth-order valence-electron chi connectivity index (χ4n) is 4.86. The molecule has 3 heteroatoms. The number of hydrogen-bond acceptors (Lipinski definition) is 3. The lowest BCUT2D eigenvalue weighted by Crippen LogP contribution is -1.99. The van der Waals surface area contributed by atoms with Crippen molar-refractivity contribution in [2.75, 3.05) is 13.2 Å². The van der Waals surface area contributed by atoms with Crippen LogP contribution in [0.25, 0.3) is 6.08 Å². The smallest absolute Gasteiger partial charge is 0.185 e. The van der Waals surface area contributed by atoms with E-state index in [9.17, 15) is 4.79 Å². The largest absolute Gasteiger partial charge is 0.494 e. The zero-order valence-corrected chi connectivity index (χ0v) is 25.6. The average Bonchev–Trinajstić information content (AvgIpc) is 2.98. The quantitative estimate of drug-likeness (QED) is 0.0703. The number of rotatable bonds is 25. The molecule has 0 amide bonds. The average molecular weight is 549 g/mol. The lowest BCUT2D eigenvalue weighted by Gasteiger charge is -2.07. The van der Waals surface area contributed by atoms with Crippen LogP contribution in [0.5, 0.6) is 11.5 Å². The normalized spacial score (nSPS) is 11.2. The van der Waals surface area contributed by atoms with Crippen molar-refractivity contribution < 1.29 is 14.3 Å². The second kappa shape index (κ2) is 23.2. The maximum Gasteiger partial charge on any atom is 0.185 e. The Bertz CT molecular complexity index is 898. The Morgan fingerprint density at radius 1 is 0.525 bits per heavy atom. The molecular formula is C37H56O3. The van der Waals surface area contributed by atoms with Crippen molar-refractivity contribution in [1.82, 2.24) is 0 Å². The zero-order valence-electron chi connectivity index (χ0n) is 25.6. The molecule has 0 aliphatic rings. The maximum atomic E-state index is 12.6. The molecule has 0 atom stereocenters. The standard InChI is InChI=1S/C37H56O3/c1-3-5-7-9-11-13-14-16-18-19-31-39-35-26-21-33(22-27-35)23-30-37(38)34-24-28-36(29-25-34)40-32-20-17-15-12-10-8-6-4-2/h21-30H,3-20,31-32H2,1-2H3/b30-23+. The minimum absolute atomic E-state index is 0.00379. The van der Waals surface area contributed by atoms with E-state index in [2.05, 4.69) is 13.8 Å². The molecule has 0 fully saturated rings. The summed E-state index contributed by atoms with van der Waals surface area (Å²) in [6.07, 6.45) is 27.1. The molecule has 0 bridgehead atoms. The molecule has 0 N–H and O–H groups in total. The van der Waals surface area contributed by atoms with E-state index >= 15 is 0 Å². The molecule has 2 aromatic carbocycles. The number of benzene rings is 2. The Hall–Kier alpha value is -2.55. The lowest BCUT2D eigenvalue weighted by molar-refractivity contribution is 0.104. The molecule has 0 heterocycles. The van der Waals surface area contributed by atoms with Gasteiger partial charge in [0.2, 0.25) is 0 Å². The highest BCUT2D eigenvalue weighted by Crippen LogP contribution is 2.17. The summed E-state index contributed by atoms with van der Waals surface area (Å²) in [5, 5.41) is 0. The highest BCUT2D eigenvalue weighted by Gasteiger charge is 2.03. The second-order valence-electron chi connectivity index (χ2n) is 11.1. The van der Waals surface area contributed by atoms with E-state index in [1.165, 1.54) is 103 Å². The van der Waals surface area contributed by atoms with E-state index in [1.807, 2.05) is 54.6 Å². The van der Waals surface area contributed by atoms with Crippen LogP contribution in [0.4, 0.5) is 0 Å². The van der Waals surface area contributed by atoms with Gasteiger partial charge in [-0.2, -0.15) is 0 Å². The third-order valence-corrected chi connectivity index (χ3v) is 7.48. The highest BCUT2D eigenvalue weighted by molar-refractivity contribution is 6.06. The number of unbranched alkanes of at least 4 members (excludes halogenated alkanes) is 16. The van der Waals surface area contributed by atoms with Gasteiger partial charge in [-0.3, -0.25) is 4.79 Å². The molecule has 222 valence electrons. The van der Waals surface area contributed by atoms with Crippen LogP contribution in [0.15, 0.2) is 54.6 Å². The Labute approximate surface area is 245 Å². The first kappa shape index (κ1) is 33.7. The van der Waals surface area contributed by atoms with E-state index in [0.717, 1.165) is 43.1 Å². The molecule has 0 unspecified atom stereocenters. The van der Waals surface area contributed by atoms with Gasteiger partial charge in [0.05, 0.1) is 13.2 Å². The summed E-state index contributed by atoms with van der Waals surface area (Å²) in [5.74, 6) is 1.72. The molecule has 0 saturated heterocycles. The zero-order chi connectivity index (χ0) is 28.5. The molecule has 2 rings (SSSR count). The molecule has 3 nitrogen and oxygen atoms in total. The number of ether oxygens (including phenoxy) is 2. The van der Waals surface area contributed by atoms with Crippen LogP contribution < -0.4 is 9.47 Å². The van der Waals surface area contributed by atoms with Gasteiger partial charge in [0.15, 0.2) is 5.78 Å². The van der Waals surface area contributed by atoms with Gasteiger partial charge < -0.3 is 9.47 Å². The van der Waals surface area contributed by atoms with Crippen LogP contribution >= 0.6 is 0 Å². The predicted molar refractivity (Wildman–Crippen MR) is 172 cm³/mol. The van der Waals surface area contributed by atoms with E-state index < -0.39 is 0 Å². The topological polar surface area (TPSA) is 35.5 Å². The molecule has 0 radical (unpaired) electrons. The van der Waals surface area contributed by atoms with Crippen LogP contribution in [0.2, 0.25) is 0 Å². The van der Waals surface area contributed by atoms with Gasteiger partial charge in [-0.05, 0) is 60.9 Å². The van der Waals surface area contributed by atoms with Gasteiger partial charge in [-0.25, -0.2) is 0 Å². The van der Waals surface area contributed by atoms with Gasteiger partial charge >= 0.3 is 0 Å². The van der Waals surface area contributed by atoms with Crippen molar-refractivity contribution in [1.29, 1.82) is 0 Å². The molecule has 0 aliphatic heterocycles. The van der Waals surface area contributed by atoms with Gasteiger partial charge in [0.25, 0.3) is 0 Å². The number of hydrogen-bond donors (Lipinski definition) is 0. The van der Waals surface area contributed by atoms with Crippen LogP contribution in [0.1, 0.15) is 145 Å². The molecule has 40 heavy (non-hydrogen) atoms. The van der Waals surface area contributed by atoms with E-state index in [1.54, 1.807) is 6.08 Å². The summed E-state index contributed by atoms with van der Waals surface area (Å²) in [4.78, 5) is 12.6. The molecule has 0 spiro atoms. The summed E-state index contributed by atoms with van der Waals surface area (Å²) in [7, 11) is 0. The van der Waals surface area contributed by atoms with Crippen molar-refractivity contribution in [3.05, 3.63) is 65.7 Å². The molecule has 2 aromatic rings. The van der Waals surface area contributed by atoms with Crippen molar-refractivity contribution >= 4 is 11.9 Å². The second-order valence-corrected chi connectivity index (χ2v) is 11.1. The predicted octanol–water partition coefficient (Wildman–Crippen LogP) is 11.4. The summed E-state index contributed by atoms with van der Waals surface area (Å²) >= 11 is 0. The van der Waals surface area contributed by atoms with Crippen molar-refractivity contribution in [2.45, 2.75) is 129 Å². The van der Waals surface area contributed by atoms with Gasteiger partial charge in [0, 0.05) is 5.56 Å². The minimum atomic E-state index is -0.00379. The Kier molecular flexibility index (Phi) is 19.5. The molecule has 0 aromatic heterocycles. The highest BCUT2D eigenvalue weighted by atomic mass is 16.5.